The Kier molecular flexibility index (Phi) is 6.21. The molecular weight excluding hydrogens is 264 g/mol. The molecule has 1 aliphatic heterocycles. The van der Waals surface area contributed by atoms with Crippen LogP contribution in [0.25, 0.3) is 0 Å². The van der Waals surface area contributed by atoms with E-state index in [0.717, 1.165) is 50.3 Å². The fourth-order valence-electron chi connectivity index (χ4n) is 2.96. The van der Waals surface area contributed by atoms with Gasteiger partial charge in [-0.15, -0.1) is 0 Å². The van der Waals surface area contributed by atoms with Gasteiger partial charge in [0.05, 0.1) is 6.61 Å². The Hall–Kier alpha value is -1.39. The van der Waals surface area contributed by atoms with E-state index in [4.69, 9.17) is 4.74 Å². The summed E-state index contributed by atoms with van der Waals surface area (Å²) >= 11 is 0. The van der Waals surface area contributed by atoms with Crippen LogP contribution in [0.2, 0.25) is 0 Å². The molecule has 4 heteroatoms. The highest BCUT2D eigenvalue weighted by atomic mass is 16.5. The first-order valence-corrected chi connectivity index (χ1v) is 7.81. The molecule has 2 atom stereocenters. The van der Waals surface area contributed by atoms with Crippen LogP contribution in [-0.4, -0.2) is 49.5 Å². The lowest BCUT2D eigenvalue weighted by atomic mass is 10.1. The molecule has 4 nitrogen and oxygen atoms in total. The molecule has 0 spiro atoms. The highest BCUT2D eigenvalue weighted by Crippen LogP contribution is 2.14. The highest BCUT2D eigenvalue weighted by molar-refractivity contribution is 5.55. The van der Waals surface area contributed by atoms with Crippen LogP contribution in [0.4, 0.5) is 0 Å². The van der Waals surface area contributed by atoms with Crippen LogP contribution in [0.15, 0.2) is 24.3 Å². The zero-order valence-corrected chi connectivity index (χ0v) is 13.0. The van der Waals surface area contributed by atoms with Gasteiger partial charge in [-0.05, 0) is 38.0 Å². The number of carbonyl (C=O) groups excluding carboxylic acids is 1. The molecule has 1 heterocycles. The fraction of sp³-hybridized carbons (Fsp3) is 0.588. The summed E-state index contributed by atoms with van der Waals surface area (Å²) in [6, 6.07) is 8.91. The SMILES string of the molecule is CC1CN(CCCOc2cccc(CC=O)c2)CC(C)N1. The Labute approximate surface area is 127 Å². The Bertz CT molecular complexity index is 440. The third-order valence-corrected chi connectivity index (χ3v) is 3.74. The van der Waals surface area contributed by atoms with Crippen molar-refractivity contribution in [3.63, 3.8) is 0 Å². The number of nitrogens with zero attached hydrogens (tertiary/aromatic N) is 1. The third-order valence-electron chi connectivity index (χ3n) is 3.74. The number of nitrogens with one attached hydrogen (secondary N) is 1. The van der Waals surface area contributed by atoms with E-state index >= 15 is 0 Å². The quantitative estimate of drug-likeness (QED) is 0.615. The Morgan fingerprint density at radius 3 is 2.81 bits per heavy atom. The minimum absolute atomic E-state index is 0.452. The van der Waals surface area contributed by atoms with Crippen molar-refractivity contribution in [2.24, 2.45) is 0 Å². The fourth-order valence-corrected chi connectivity index (χ4v) is 2.96. The van der Waals surface area contributed by atoms with Gasteiger partial charge in [-0.25, -0.2) is 0 Å². The Morgan fingerprint density at radius 1 is 1.33 bits per heavy atom. The summed E-state index contributed by atoms with van der Waals surface area (Å²) in [5.74, 6) is 0.858. The molecule has 1 aromatic carbocycles. The average molecular weight is 290 g/mol. The second-order valence-corrected chi connectivity index (χ2v) is 5.95. The molecule has 1 aliphatic rings. The van der Waals surface area contributed by atoms with Gasteiger partial charge in [0, 0.05) is 38.1 Å². The standard InChI is InChI=1S/C17H26N2O2/c1-14-12-19(13-15(2)18-14)8-4-10-21-17-6-3-5-16(11-17)7-9-20/h3,5-6,9,11,14-15,18H,4,7-8,10,12-13H2,1-2H3. The summed E-state index contributed by atoms with van der Waals surface area (Å²) in [6.07, 6.45) is 2.40. The van der Waals surface area contributed by atoms with Crippen molar-refractivity contribution in [1.82, 2.24) is 10.2 Å². The van der Waals surface area contributed by atoms with Crippen LogP contribution in [0.1, 0.15) is 25.8 Å². The maximum absolute atomic E-state index is 10.5. The van der Waals surface area contributed by atoms with Crippen molar-refractivity contribution in [3.8, 4) is 5.75 Å². The van der Waals surface area contributed by atoms with Crippen LogP contribution < -0.4 is 10.1 Å². The molecule has 0 saturated carbocycles. The molecule has 0 aromatic heterocycles. The van der Waals surface area contributed by atoms with E-state index in [1.807, 2.05) is 24.3 Å². The van der Waals surface area contributed by atoms with Gasteiger partial charge in [0.1, 0.15) is 12.0 Å². The topological polar surface area (TPSA) is 41.6 Å². The zero-order chi connectivity index (χ0) is 15.1. The van der Waals surface area contributed by atoms with Crippen molar-refractivity contribution in [1.29, 1.82) is 0 Å². The number of rotatable bonds is 7. The van der Waals surface area contributed by atoms with E-state index in [1.165, 1.54) is 0 Å². The minimum atomic E-state index is 0.452. The average Bonchev–Trinajstić information content (AvgIpc) is 2.43. The predicted molar refractivity (Wildman–Crippen MR) is 84.8 cm³/mol. The monoisotopic (exact) mass is 290 g/mol. The van der Waals surface area contributed by atoms with E-state index in [9.17, 15) is 4.79 Å². The summed E-state index contributed by atoms with van der Waals surface area (Å²) in [6.45, 7) is 8.48. The summed E-state index contributed by atoms with van der Waals surface area (Å²) in [4.78, 5) is 13.0. The van der Waals surface area contributed by atoms with Crippen molar-refractivity contribution in [2.75, 3.05) is 26.2 Å². The summed E-state index contributed by atoms with van der Waals surface area (Å²) < 4.78 is 5.78. The first-order chi connectivity index (χ1) is 10.2. The van der Waals surface area contributed by atoms with Gasteiger partial charge in [-0.2, -0.15) is 0 Å². The lowest BCUT2D eigenvalue weighted by molar-refractivity contribution is -0.107. The largest absolute Gasteiger partial charge is 0.494 e. The summed E-state index contributed by atoms with van der Waals surface area (Å²) in [5.41, 5.74) is 1.01. The van der Waals surface area contributed by atoms with E-state index in [1.54, 1.807) is 0 Å². The zero-order valence-electron chi connectivity index (χ0n) is 13.0. The van der Waals surface area contributed by atoms with E-state index in [2.05, 4.69) is 24.1 Å². The summed E-state index contributed by atoms with van der Waals surface area (Å²) in [5, 5.41) is 3.54. The molecule has 1 fully saturated rings. The molecule has 1 N–H and O–H groups in total. The van der Waals surface area contributed by atoms with Crippen LogP contribution in [0.3, 0.4) is 0 Å². The molecule has 2 unspecified atom stereocenters. The number of hydrogen-bond donors (Lipinski definition) is 1. The molecule has 21 heavy (non-hydrogen) atoms. The Morgan fingerprint density at radius 2 is 2.10 bits per heavy atom. The van der Waals surface area contributed by atoms with Crippen molar-refractivity contribution in [3.05, 3.63) is 29.8 Å². The Balaban J connectivity index is 1.69. The number of ether oxygens (including phenoxy) is 1. The number of benzene rings is 1. The molecule has 1 aromatic rings. The first-order valence-electron chi connectivity index (χ1n) is 7.81. The van der Waals surface area contributed by atoms with Crippen LogP contribution >= 0.6 is 0 Å². The highest BCUT2D eigenvalue weighted by Gasteiger charge is 2.19. The van der Waals surface area contributed by atoms with E-state index in [-0.39, 0.29) is 0 Å². The number of hydrogen-bond acceptors (Lipinski definition) is 4. The van der Waals surface area contributed by atoms with Crippen LogP contribution in [0.5, 0.6) is 5.75 Å². The minimum Gasteiger partial charge on any atom is -0.494 e. The lowest BCUT2D eigenvalue weighted by Crippen LogP contribution is -2.54. The van der Waals surface area contributed by atoms with Gasteiger partial charge in [-0.3, -0.25) is 0 Å². The molecule has 0 bridgehead atoms. The predicted octanol–water partition coefficient (Wildman–Crippen LogP) is 1.88. The maximum Gasteiger partial charge on any atom is 0.124 e. The molecule has 1 saturated heterocycles. The molecule has 0 radical (unpaired) electrons. The number of aldehydes is 1. The van der Waals surface area contributed by atoms with Gasteiger partial charge in [-0.1, -0.05) is 12.1 Å². The molecule has 0 aliphatic carbocycles. The molecular formula is C17H26N2O2. The van der Waals surface area contributed by atoms with Crippen molar-refractivity contribution >= 4 is 6.29 Å². The number of carbonyl (C=O) groups is 1. The molecule has 0 amide bonds. The van der Waals surface area contributed by atoms with Gasteiger partial charge in [0.25, 0.3) is 0 Å². The second-order valence-electron chi connectivity index (χ2n) is 5.95. The second kappa shape index (κ2) is 8.15. The van der Waals surface area contributed by atoms with Crippen LogP contribution in [-0.2, 0) is 11.2 Å². The molecule has 116 valence electrons. The maximum atomic E-state index is 10.5. The van der Waals surface area contributed by atoms with Crippen LogP contribution in [0, 0.1) is 0 Å². The first kappa shape index (κ1) is 16.0. The lowest BCUT2D eigenvalue weighted by Gasteiger charge is -2.36. The van der Waals surface area contributed by atoms with Gasteiger partial charge < -0.3 is 19.7 Å². The molecule has 2 rings (SSSR count). The smallest absolute Gasteiger partial charge is 0.124 e. The van der Waals surface area contributed by atoms with E-state index < -0.39 is 0 Å². The van der Waals surface area contributed by atoms with Gasteiger partial charge in [0.2, 0.25) is 0 Å². The van der Waals surface area contributed by atoms with Gasteiger partial charge in [0.15, 0.2) is 0 Å². The van der Waals surface area contributed by atoms with E-state index in [0.29, 0.717) is 18.5 Å². The van der Waals surface area contributed by atoms with Crippen molar-refractivity contribution in [2.45, 2.75) is 38.8 Å². The number of piperazine rings is 1. The normalized spacial score (nSPS) is 23.0. The van der Waals surface area contributed by atoms with Crippen molar-refractivity contribution < 1.29 is 9.53 Å². The summed E-state index contributed by atoms with van der Waals surface area (Å²) in [7, 11) is 0. The van der Waals surface area contributed by atoms with Gasteiger partial charge >= 0.3 is 0 Å². The third kappa shape index (κ3) is 5.48.